The lowest BCUT2D eigenvalue weighted by molar-refractivity contribution is -0.293. The average molecular weight is 346 g/mol. The van der Waals surface area contributed by atoms with Crippen LogP contribution in [0.15, 0.2) is 12.3 Å². The lowest BCUT2D eigenvalue weighted by atomic mass is 9.74. The number of hydrogen-bond acceptors (Lipinski definition) is 5. The second-order valence-corrected chi connectivity index (χ2v) is 7.84. The fourth-order valence-electron chi connectivity index (χ4n) is 3.75. The zero-order chi connectivity index (χ0) is 18.4. The van der Waals surface area contributed by atoms with E-state index in [1.165, 1.54) is 0 Å². The van der Waals surface area contributed by atoms with Crippen molar-refractivity contribution in [3.63, 3.8) is 0 Å². The molecular formula is C18H24N3O4+. The zero-order valence-corrected chi connectivity index (χ0v) is 15.0. The summed E-state index contributed by atoms with van der Waals surface area (Å²) in [6.07, 6.45) is 4.22. The fourth-order valence-corrected chi connectivity index (χ4v) is 3.75. The highest BCUT2D eigenvalue weighted by atomic mass is 16.6. The van der Waals surface area contributed by atoms with Crippen molar-refractivity contribution in [1.29, 1.82) is 0 Å². The monoisotopic (exact) mass is 346 g/mol. The number of nitrogen functional groups attached to an aromatic ring is 1. The Labute approximate surface area is 147 Å². The van der Waals surface area contributed by atoms with Crippen molar-refractivity contribution in [3.05, 3.63) is 24.0 Å². The third kappa shape index (κ3) is 3.34. The molecule has 1 aliphatic carbocycles. The van der Waals surface area contributed by atoms with E-state index in [2.05, 4.69) is 11.2 Å². The Morgan fingerprint density at radius 1 is 1.44 bits per heavy atom. The van der Waals surface area contributed by atoms with Gasteiger partial charge in [0.15, 0.2) is 5.69 Å². The van der Waals surface area contributed by atoms with Crippen LogP contribution in [0, 0.1) is 12.1 Å². The quantitative estimate of drug-likeness (QED) is 0.838. The summed E-state index contributed by atoms with van der Waals surface area (Å²) in [6, 6.07) is 1.52. The van der Waals surface area contributed by atoms with Crippen LogP contribution in [-0.2, 0) is 9.47 Å². The number of nitrogens with zero attached hydrogens (tertiary/aromatic N) is 2. The van der Waals surface area contributed by atoms with Crippen molar-refractivity contribution in [2.75, 3.05) is 5.73 Å². The Bertz CT molecular complexity index is 685. The molecule has 2 amide bonds. The number of rotatable bonds is 1. The van der Waals surface area contributed by atoms with E-state index in [1.807, 2.05) is 13.0 Å². The molecule has 1 saturated heterocycles. The molecule has 25 heavy (non-hydrogen) atoms. The predicted molar refractivity (Wildman–Crippen MR) is 88.6 cm³/mol. The van der Waals surface area contributed by atoms with Crippen LogP contribution in [0.25, 0.3) is 0 Å². The van der Waals surface area contributed by atoms with Gasteiger partial charge in [-0.2, -0.15) is 0 Å². The summed E-state index contributed by atoms with van der Waals surface area (Å²) >= 11 is 0. The van der Waals surface area contributed by atoms with Gasteiger partial charge in [0.2, 0.25) is 0 Å². The first kappa shape index (κ1) is 17.3. The Balaban J connectivity index is 1.86. The van der Waals surface area contributed by atoms with Crippen molar-refractivity contribution in [3.8, 4) is 0 Å². The minimum Gasteiger partial charge on any atom is -0.443 e. The van der Waals surface area contributed by atoms with E-state index in [-0.39, 0.29) is 24.0 Å². The van der Waals surface area contributed by atoms with Crippen LogP contribution in [0.4, 0.5) is 15.3 Å². The summed E-state index contributed by atoms with van der Waals surface area (Å²) in [5.74, 6) is 0.211. The predicted octanol–water partition coefficient (Wildman–Crippen LogP) is 2.31. The zero-order valence-electron chi connectivity index (χ0n) is 15.0. The largest absolute Gasteiger partial charge is 0.443 e. The van der Waals surface area contributed by atoms with E-state index in [0.717, 1.165) is 16.9 Å². The molecule has 2 heterocycles. The van der Waals surface area contributed by atoms with Gasteiger partial charge in [-0.3, -0.25) is 0 Å². The van der Waals surface area contributed by atoms with Crippen LogP contribution >= 0.6 is 0 Å². The van der Waals surface area contributed by atoms with E-state index in [4.69, 9.17) is 15.2 Å². The molecule has 4 atom stereocenters. The van der Waals surface area contributed by atoms with Gasteiger partial charge in [0.25, 0.3) is 0 Å². The van der Waals surface area contributed by atoms with Crippen LogP contribution in [-0.4, -0.2) is 34.8 Å². The van der Waals surface area contributed by atoms with Gasteiger partial charge in [-0.1, -0.05) is 6.92 Å². The van der Waals surface area contributed by atoms with Gasteiger partial charge in [0.1, 0.15) is 11.7 Å². The molecule has 4 unspecified atom stereocenters. The minimum atomic E-state index is -0.681. The molecule has 2 N–H and O–H groups in total. The molecule has 1 aromatic heterocycles. The number of fused-ring (bicyclic) bond motifs is 1. The van der Waals surface area contributed by atoms with Crippen LogP contribution in [0.5, 0.6) is 0 Å². The summed E-state index contributed by atoms with van der Waals surface area (Å²) in [4.78, 5) is 29.8. The molecule has 0 aromatic carbocycles. The first-order chi connectivity index (χ1) is 11.7. The number of amides is 2. The van der Waals surface area contributed by atoms with Crippen LogP contribution < -0.4 is 10.7 Å². The van der Waals surface area contributed by atoms with E-state index in [0.29, 0.717) is 12.1 Å². The van der Waals surface area contributed by atoms with E-state index in [1.54, 1.807) is 27.0 Å². The summed E-state index contributed by atoms with van der Waals surface area (Å²) in [5, 5.41) is 0. The number of ether oxygens (including phenoxy) is 2. The number of aromatic nitrogens is 1. The Morgan fingerprint density at radius 3 is 2.80 bits per heavy atom. The number of imide groups is 1. The third-order valence-corrected chi connectivity index (χ3v) is 4.74. The molecule has 7 nitrogen and oxygen atoms in total. The van der Waals surface area contributed by atoms with Crippen LogP contribution in [0.1, 0.15) is 52.0 Å². The maximum Gasteiger partial charge on any atom is 0.420 e. The normalized spacial score (nSPS) is 28.8. The molecule has 0 bridgehead atoms. The van der Waals surface area contributed by atoms with Gasteiger partial charge in [-0.25, -0.2) is 14.5 Å². The van der Waals surface area contributed by atoms with E-state index in [9.17, 15) is 9.59 Å². The summed E-state index contributed by atoms with van der Waals surface area (Å²) in [7, 11) is 0. The molecule has 1 saturated carbocycles. The molecule has 1 aliphatic heterocycles. The molecule has 7 heteroatoms. The Morgan fingerprint density at radius 2 is 2.16 bits per heavy atom. The van der Waals surface area contributed by atoms with Gasteiger partial charge in [-0.05, 0) is 50.4 Å². The maximum absolute atomic E-state index is 12.5. The number of carbonyl (C=O) groups excluding carboxylic acids is 2. The van der Waals surface area contributed by atoms with E-state index < -0.39 is 17.8 Å². The second kappa shape index (κ2) is 6.10. The highest BCUT2D eigenvalue weighted by Crippen LogP contribution is 2.44. The maximum atomic E-state index is 12.5. The number of hydrogen-bond donors (Lipinski definition) is 1. The van der Waals surface area contributed by atoms with Crippen molar-refractivity contribution >= 4 is 17.9 Å². The number of carbonyl (C=O) groups is 2. The van der Waals surface area contributed by atoms with Crippen molar-refractivity contribution in [2.24, 2.45) is 5.92 Å². The highest BCUT2D eigenvalue weighted by Gasteiger charge is 2.52. The van der Waals surface area contributed by atoms with Gasteiger partial charge < -0.3 is 15.2 Å². The summed E-state index contributed by atoms with van der Waals surface area (Å²) in [6.45, 7) is 7.33. The average Bonchev–Trinajstić information content (AvgIpc) is 2.82. The van der Waals surface area contributed by atoms with Crippen molar-refractivity contribution in [1.82, 2.24) is 4.90 Å². The van der Waals surface area contributed by atoms with Gasteiger partial charge >= 0.3 is 24.6 Å². The number of nitrogens with two attached hydrogens (primary N) is 1. The molecule has 3 rings (SSSR count). The van der Waals surface area contributed by atoms with Gasteiger partial charge in [-0.15, -0.1) is 0 Å². The molecule has 134 valence electrons. The molecular weight excluding hydrogens is 322 g/mol. The number of anilines is 1. The molecule has 2 aliphatic rings. The molecule has 2 fully saturated rings. The molecule has 1 aromatic rings. The van der Waals surface area contributed by atoms with Crippen LogP contribution in [0.2, 0.25) is 0 Å². The van der Waals surface area contributed by atoms with Gasteiger partial charge in [0, 0.05) is 11.6 Å². The van der Waals surface area contributed by atoms with Gasteiger partial charge in [0.05, 0.1) is 6.04 Å². The minimum absolute atomic E-state index is 0.104. The first-order valence-corrected chi connectivity index (χ1v) is 8.52. The third-order valence-electron chi connectivity index (χ3n) is 4.74. The molecule has 0 radical (unpaired) electrons. The smallest absolute Gasteiger partial charge is 0.420 e. The second-order valence-electron chi connectivity index (χ2n) is 7.84. The van der Waals surface area contributed by atoms with Crippen LogP contribution in [0.3, 0.4) is 0 Å². The lowest BCUT2D eigenvalue weighted by Gasteiger charge is -2.36. The Hall–Kier alpha value is -2.49. The standard InChI is InChI=1S/C18H24N3O4/c1-10-7-11(12-5-6-20-9-13(12)19)8-14-15(10)24-16(22)21(14)17(23)25-18(2,3)4/h5-6,10-11,14-15H,7-8,19H2,1-4H3/q+1. The van der Waals surface area contributed by atoms with E-state index >= 15 is 0 Å². The summed E-state index contributed by atoms with van der Waals surface area (Å²) in [5.41, 5.74) is 6.79. The first-order valence-electron chi connectivity index (χ1n) is 8.52. The van der Waals surface area contributed by atoms with Crippen molar-refractivity contribution in [2.45, 2.75) is 64.2 Å². The summed E-state index contributed by atoms with van der Waals surface area (Å²) < 4.78 is 10.9. The highest BCUT2D eigenvalue weighted by molar-refractivity contribution is 5.90. The Kier molecular flexibility index (Phi) is 4.23. The fraction of sp³-hybridized carbons (Fsp3) is 0.611. The molecule has 0 spiro atoms. The SMILES string of the molecule is CC1CC(c2cc[n+]#cc2N)CC2C1OC(=O)N2C(=O)OC(C)(C)C. The topological polar surface area (TPSA) is 96.0 Å². The van der Waals surface area contributed by atoms with Crippen molar-refractivity contribution < 1.29 is 24.0 Å². The lowest BCUT2D eigenvalue weighted by Crippen LogP contribution is -2.48.